The van der Waals surface area contributed by atoms with Crippen LogP contribution in [0.1, 0.15) is 0 Å². The van der Waals surface area contributed by atoms with Crippen LogP contribution in [0, 0.1) is 0 Å². The molecule has 0 bridgehead atoms. The minimum Gasteiger partial charge on any atom is -0.497 e. The molecule has 0 spiro atoms. The topological polar surface area (TPSA) is 52.6 Å². The summed E-state index contributed by atoms with van der Waals surface area (Å²) in [5.41, 5.74) is 0.848. The molecule has 2 aromatic heterocycles. The quantitative estimate of drug-likeness (QED) is 0.389. The van der Waals surface area contributed by atoms with Crippen LogP contribution in [-0.2, 0) is 0 Å². The third-order valence-corrected chi connectivity index (χ3v) is 3.49. The standard InChI is InChI=1S/C16H10O4/c1-18-10-2-3-11-12-6-9-4-5-19-14(9)8-15(12)20-16(17)13(11)7-10/h2-8H,1H3. The molecule has 0 amide bonds. The molecule has 0 radical (unpaired) electrons. The number of ether oxygens (including phenoxy) is 1. The maximum absolute atomic E-state index is 12.1. The molecule has 2 heterocycles. The lowest BCUT2D eigenvalue weighted by Crippen LogP contribution is -2.00. The van der Waals surface area contributed by atoms with E-state index in [0.29, 0.717) is 22.3 Å². The van der Waals surface area contributed by atoms with Crippen molar-refractivity contribution in [2.75, 3.05) is 7.11 Å². The van der Waals surface area contributed by atoms with E-state index in [2.05, 4.69) is 0 Å². The normalized spacial score (nSPS) is 11.4. The molecular weight excluding hydrogens is 256 g/mol. The molecule has 0 saturated carbocycles. The molecule has 0 fully saturated rings. The zero-order valence-electron chi connectivity index (χ0n) is 10.7. The van der Waals surface area contributed by atoms with Crippen molar-refractivity contribution in [1.29, 1.82) is 0 Å². The Bertz CT molecular complexity index is 1010. The Labute approximate surface area is 113 Å². The maximum Gasteiger partial charge on any atom is 0.344 e. The predicted octanol–water partition coefficient (Wildman–Crippen LogP) is 3.70. The summed E-state index contributed by atoms with van der Waals surface area (Å²) in [4.78, 5) is 12.1. The molecule has 2 aromatic carbocycles. The minimum atomic E-state index is -0.377. The highest BCUT2D eigenvalue weighted by Gasteiger charge is 2.10. The number of furan rings is 1. The number of rotatable bonds is 1. The van der Waals surface area contributed by atoms with Crippen molar-refractivity contribution in [2.45, 2.75) is 0 Å². The molecule has 4 nitrogen and oxygen atoms in total. The zero-order valence-corrected chi connectivity index (χ0v) is 10.7. The van der Waals surface area contributed by atoms with Gasteiger partial charge in [-0.15, -0.1) is 0 Å². The van der Waals surface area contributed by atoms with Crippen LogP contribution >= 0.6 is 0 Å². The lowest BCUT2D eigenvalue weighted by Gasteiger charge is -2.04. The molecule has 4 aromatic rings. The van der Waals surface area contributed by atoms with Crippen LogP contribution < -0.4 is 10.4 Å². The molecular formula is C16H10O4. The summed E-state index contributed by atoms with van der Waals surface area (Å²) in [5, 5.41) is 3.22. The summed E-state index contributed by atoms with van der Waals surface area (Å²) in [6, 6.07) is 11.0. The predicted molar refractivity (Wildman–Crippen MR) is 76.3 cm³/mol. The Morgan fingerprint density at radius 1 is 0.950 bits per heavy atom. The fourth-order valence-corrected chi connectivity index (χ4v) is 2.49. The first-order valence-electron chi connectivity index (χ1n) is 6.18. The van der Waals surface area contributed by atoms with E-state index in [0.717, 1.165) is 16.2 Å². The molecule has 98 valence electrons. The highest BCUT2D eigenvalue weighted by atomic mass is 16.5. The molecule has 0 saturated heterocycles. The first-order valence-corrected chi connectivity index (χ1v) is 6.18. The largest absolute Gasteiger partial charge is 0.497 e. The van der Waals surface area contributed by atoms with Gasteiger partial charge in [-0.2, -0.15) is 0 Å². The number of hydrogen-bond donors (Lipinski definition) is 0. The fourth-order valence-electron chi connectivity index (χ4n) is 2.49. The Morgan fingerprint density at radius 3 is 2.70 bits per heavy atom. The van der Waals surface area contributed by atoms with Crippen molar-refractivity contribution in [3.63, 3.8) is 0 Å². The number of hydrogen-bond acceptors (Lipinski definition) is 4. The molecule has 0 aliphatic heterocycles. The second-order valence-corrected chi connectivity index (χ2v) is 4.61. The lowest BCUT2D eigenvalue weighted by molar-refractivity contribution is 0.415. The Morgan fingerprint density at radius 2 is 1.85 bits per heavy atom. The smallest absolute Gasteiger partial charge is 0.344 e. The van der Waals surface area contributed by atoms with Crippen LogP contribution in [0.2, 0.25) is 0 Å². The average Bonchev–Trinajstić information content (AvgIpc) is 2.92. The van der Waals surface area contributed by atoms with E-state index in [1.807, 2.05) is 24.3 Å². The maximum atomic E-state index is 12.1. The summed E-state index contributed by atoms with van der Waals surface area (Å²) in [6.45, 7) is 0. The molecule has 4 rings (SSSR count). The van der Waals surface area contributed by atoms with Crippen LogP contribution in [0.4, 0.5) is 0 Å². The van der Waals surface area contributed by atoms with Crippen LogP contribution in [0.15, 0.2) is 56.3 Å². The molecule has 0 atom stereocenters. The monoisotopic (exact) mass is 266 g/mol. The number of fused-ring (bicyclic) bond motifs is 4. The molecule has 0 aliphatic rings. The second-order valence-electron chi connectivity index (χ2n) is 4.61. The first-order chi connectivity index (χ1) is 9.76. The van der Waals surface area contributed by atoms with Gasteiger partial charge in [0.05, 0.1) is 18.8 Å². The molecule has 20 heavy (non-hydrogen) atoms. The summed E-state index contributed by atoms with van der Waals surface area (Å²) in [7, 11) is 1.57. The molecule has 0 unspecified atom stereocenters. The first kappa shape index (κ1) is 11.1. The van der Waals surface area contributed by atoms with Gasteiger partial charge < -0.3 is 13.6 Å². The van der Waals surface area contributed by atoms with E-state index in [9.17, 15) is 4.79 Å². The van der Waals surface area contributed by atoms with Gasteiger partial charge in [0.15, 0.2) is 0 Å². The Balaban J connectivity index is 2.24. The van der Waals surface area contributed by atoms with Crippen molar-refractivity contribution >= 4 is 32.7 Å². The second kappa shape index (κ2) is 3.87. The van der Waals surface area contributed by atoms with E-state index in [-0.39, 0.29) is 5.63 Å². The van der Waals surface area contributed by atoms with Gasteiger partial charge in [-0.1, -0.05) is 0 Å². The van der Waals surface area contributed by atoms with Crippen molar-refractivity contribution in [3.8, 4) is 5.75 Å². The fraction of sp³-hybridized carbons (Fsp3) is 0.0625. The molecule has 4 heteroatoms. The summed E-state index contributed by atoms with van der Waals surface area (Å²) in [6.07, 6.45) is 1.62. The van der Waals surface area contributed by atoms with Crippen LogP contribution in [0.25, 0.3) is 32.7 Å². The van der Waals surface area contributed by atoms with Gasteiger partial charge in [-0.3, -0.25) is 0 Å². The molecule has 0 N–H and O–H groups in total. The van der Waals surface area contributed by atoms with Crippen LogP contribution in [-0.4, -0.2) is 7.11 Å². The highest BCUT2D eigenvalue weighted by Crippen LogP contribution is 2.29. The van der Waals surface area contributed by atoms with Crippen molar-refractivity contribution in [1.82, 2.24) is 0 Å². The van der Waals surface area contributed by atoms with E-state index >= 15 is 0 Å². The highest BCUT2D eigenvalue weighted by molar-refractivity contribution is 6.08. The average molecular weight is 266 g/mol. The number of methoxy groups -OCH3 is 1. The SMILES string of the molecule is COc1ccc2c(c1)c(=O)oc1cc3occc3cc12. The van der Waals surface area contributed by atoms with Gasteiger partial charge in [0.1, 0.15) is 16.9 Å². The van der Waals surface area contributed by atoms with Gasteiger partial charge in [0.2, 0.25) is 0 Å². The van der Waals surface area contributed by atoms with Gasteiger partial charge in [-0.25, -0.2) is 4.79 Å². The summed E-state index contributed by atoms with van der Waals surface area (Å²) in [5.74, 6) is 0.633. The summed E-state index contributed by atoms with van der Waals surface area (Å²) < 4.78 is 15.9. The van der Waals surface area contributed by atoms with Gasteiger partial charge in [0.25, 0.3) is 0 Å². The van der Waals surface area contributed by atoms with E-state index in [4.69, 9.17) is 13.6 Å². The van der Waals surface area contributed by atoms with Crippen molar-refractivity contribution in [2.24, 2.45) is 0 Å². The third kappa shape index (κ3) is 1.45. The third-order valence-electron chi connectivity index (χ3n) is 3.49. The number of benzene rings is 2. The van der Waals surface area contributed by atoms with Crippen LogP contribution in [0.5, 0.6) is 5.75 Å². The van der Waals surface area contributed by atoms with E-state index in [1.165, 1.54) is 0 Å². The Hall–Kier alpha value is -2.75. The molecule has 0 aliphatic carbocycles. The Kier molecular flexibility index (Phi) is 2.15. The van der Waals surface area contributed by atoms with Gasteiger partial charge >= 0.3 is 5.63 Å². The van der Waals surface area contributed by atoms with Crippen LogP contribution in [0.3, 0.4) is 0 Å². The van der Waals surface area contributed by atoms with Gasteiger partial charge in [-0.05, 0) is 30.3 Å². The summed E-state index contributed by atoms with van der Waals surface area (Å²) >= 11 is 0. The van der Waals surface area contributed by atoms with Crippen molar-refractivity contribution in [3.05, 3.63) is 53.1 Å². The zero-order chi connectivity index (χ0) is 13.7. The van der Waals surface area contributed by atoms with E-state index in [1.54, 1.807) is 25.5 Å². The minimum absolute atomic E-state index is 0.377. The van der Waals surface area contributed by atoms with Gasteiger partial charge in [0, 0.05) is 22.2 Å². The van der Waals surface area contributed by atoms with E-state index < -0.39 is 0 Å². The lowest BCUT2D eigenvalue weighted by atomic mass is 10.1. The van der Waals surface area contributed by atoms with Crippen molar-refractivity contribution < 1.29 is 13.6 Å².